The smallest absolute Gasteiger partial charge is 0.0945 e. The van der Waals surface area contributed by atoms with Crippen molar-refractivity contribution >= 4 is 0 Å². The van der Waals surface area contributed by atoms with Crippen molar-refractivity contribution in [1.82, 2.24) is 10.2 Å². The lowest BCUT2D eigenvalue weighted by Gasteiger charge is -2.22. The summed E-state index contributed by atoms with van der Waals surface area (Å²) in [5, 5.41) is 3.50. The normalized spacial score (nSPS) is 14.9. The number of nitrogens with one attached hydrogen (secondary N) is 1. The van der Waals surface area contributed by atoms with Crippen molar-refractivity contribution in [3.63, 3.8) is 0 Å². The maximum Gasteiger partial charge on any atom is 0.0945 e. The molecule has 0 bridgehead atoms. The molecule has 0 radical (unpaired) electrons. The highest BCUT2D eigenvalue weighted by Gasteiger charge is 2.11. The second kappa shape index (κ2) is 7.43. The second-order valence-corrected chi connectivity index (χ2v) is 4.71. The molecule has 1 rings (SSSR count). The van der Waals surface area contributed by atoms with E-state index in [-0.39, 0.29) is 6.10 Å². The summed E-state index contributed by atoms with van der Waals surface area (Å²) in [6.45, 7) is 4.07. The molecule has 0 saturated heterocycles. The molecule has 3 nitrogen and oxygen atoms in total. The van der Waals surface area contributed by atoms with Crippen LogP contribution in [0.4, 0.5) is 0 Å². The molecule has 0 aliphatic rings. The highest BCUT2D eigenvalue weighted by atomic mass is 16.5. The fraction of sp³-hybridized carbons (Fsp3) is 0.571. The Balaban J connectivity index is 2.43. The lowest BCUT2D eigenvalue weighted by atomic mass is 10.1. The number of ether oxygens (including phenoxy) is 1. The molecule has 0 spiro atoms. The molecule has 2 atom stereocenters. The van der Waals surface area contributed by atoms with Gasteiger partial charge in [0.1, 0.15) is 0 Å². The predicted molar refractivity (Wildman–Crippen MR) is 72.2 cm³/mol. The summed E-state index contributed by atoms with van der Waals surface area (Å²) in [5.74, 6) is 0. The van der Waals surface area contributed by atoms with Gasteiger partial charge in [0.15, 0.2) is 0 Å². The van der Waals surface area contributed by atoms with Crippen LogP contribution in [0.15, 0.2) is 30.3 Å². The van der Waals surface area contributed by atoms with Gasteiger partial charge < -0.3 is 15.0 Å². The topological polar surface area (TPSA) is 24.5 Å². The van der Waals surface area contributed by atoms with Gasteiger partial charge in [-0.1, -0.05) is 30.3 Å². The number of likely N-dealkylation sites (N-methyl/N-ethyl adjacent to an activating group) is 1. The minimum atomic E-state index is 0.126. The zero-order valence-electron chi connectivity index (χ0n) is 11.3. The molecule has 0 fully saturated rings. The molecule has 3 heteroatoms. The quantitative estimate of drug-likeness (QED) is 0.782. The standard InChI is InChI=1S/C14H24N2O/c1-12(11-16(2)3)15-10-14(17-4)13-8-6-5-7-9-13/h5-9,12,14-15H,10-11H2,1-4H3. The molecular formula is C14H24N2O. The number of benzene rings is 1. The third-order valence-electron chi connectivity index (χ3n) is 2.75. The monoisotopic (exact) mass is 236 g/mol. The van der Waals surface area contributed by atoms with Crippen LogP contribution in [0.25, 0.3) is 0 Å². The third kappa shape index (κ3) is 5.31. The first-order valence-electron chi connectivity index (χ1n) is 6.09. The summed E-state index contributed by atoms with van der Waals surface area (Å²) in [5.41, 5.74) is 1.22. The van der Waals surface area contributed by atoms with Crippen molar-refractivity contribution < 1.29 is 4.74 Å². The van der Waals surface area contributed by atoms with E-state index in [4.69, 9.17) is 4.74 Å². The summed E-state index contributed by atoms with van der Waals surface area (Å²) >= 11 is 0. The number of nitrogens with zero attached hydrogens (tertiary/aromatic N) is 1. The molecule has 0 saturated carbocycles. The fourth-order valence-corrected chi connectivity index (χ4v) is 1.93. The van der Waals surface area contributed by atoms with Crippen LogP contribution in [0.5, 0.6) is 0 Å². The van der Waals surface area contributed by atoms with Gasteiger partial charge in [-0.2, -0.15) is 0 Å². The van der Waals surface area contributed by atoms with Gasteiger partial charge >= 0.3 is 0 Å². The lowest BCUT2D eigenvalue weighted by molar-refractivity contribution is 0.0988. The zero-order valence-corrected chi connectivity index (χ0v) is 11.3. The average Bonchev–Trinajstić information content (AvgIpc) is 2.30. The Morgan fingerprint density at radius 1 is 1.24 bits per heavy atom. The molecule has 1 aromatic rings. The Labute approximate surface area is 105 Å². The van der Waals surface area contributed by atoms with E-state index in [1.807, 2.05) is 18.2 Å². The van der Waals surface area contributed by atoms with Crippen LogP contribution in [0.1, 0.15) is 18.6 Å². The summed E-state index contributed by atoms with van der Waals surface area (Å²) in [6.07, 6.45) is 0.126. The van der Waals surface area contributed by atoms with Gasteiger partial charge in [-0.15, -0.1) is 0 Å². The molecule has 1 aromatic carbocycles. The van der Waals surface area contributed by atoms with Crippen LogP contribution in [-0.2, 0) is 4.74 Å². The van der Waals surface area contributed by atoms with Crippen LogP contribution in [0, 0.1) is 0 Å². The van der Waals surface area contributed by atoms with E-state index in [1.165, 1.54) is 5.56 Å². The van der Waals surface area contributed by atoms with Crippen molar-refractivity contribution in [2.24, 2.45) is 0 Å². The van der Waals surface area contributed by atoms with Crippen molar-refractivity contribution in [3.8, 4) is 0 Å². The third-order valence-corrected chi connectivity index (χ3v) is 2.75. The minimum absolute atomic E-state index is 0.126. The number of hydrogen-bond donors (Lipinski definition) is 1. The van der Waals surface area contributed by atoms with Gasteiger partial charge in [0, 0.05) is 26.2 Å². The van der Waals surface area contributed by atoms with Crippen LogP contribution in [0.3, 0.4) is 0 Å². The van der Waals surface area contributed by atoms with E-state index in [0.717, 1.165) is 13.1 Å². The molecular weight excluding hydrogens is 212 g/mol. The van der Waals surface area contributed by atoms with Crippen LogP contribution >= 0.6 is 0 Å². The van der Waals surface area contributed by atoms with Crippen molar-refractivity contribution in [3.05, 3.63) is 35.9 Å². The average molecular weight is 236 g/mol. The SMILES string of the molecule is COC(CNC(C)CN(C)C)c1ccccc1. The first-order valence-corrected chi connectivity index (χ1v) is 6.09. The van der Waals surface area contributed by atoms with E-state index in [1.54, 1.807) is 7.11 Å². The molecule has 17 heavy (non-hydrogen) atoms. The summed E-state index contributed by atoms with van der Waals surface area (Å²) in [4.78, 5) is 2.18. The fourth-order valence-electron chi connectivity index (χ4n) is 1.93. The van der Waals surface area contributed by atoms with Gasteiger partial charge in [-0.3, -0.25) is 0 Å². The highest BCUT2D eigenvalue weighted by Crippen LogP contribution is 2.14. The number of rotatable bonds is 7. The minimum Gasteiger partial charge on any atom is -0.375 e. The largest absolute Gasteiger partial charge is 0.375 e. The molecule has 0 aliphatic heterocycles. The first kappa shape index (κ1) is 14.2. The van der Waals surface area contributed by atoms with Crippen LogP contribution < -0.4 is 5.32 Å². The van der Waals surface area contributed by atoms with Gasteiger partial charge in [0.2, 0.25) is 0 Å². The zero-order chi connectivity index (χ0) is 12.7. The Hall–Kier alpha value is -0.900. The van der Waals surface area contributed by atoms with E-state index in [2.05, 4.69) is 43.4 Å². The molecule has 0 heterocycles. The lowest BCUT2D eigenvalue weighted by Crippen LogP contribution is -2.38. The van der Waals surface area contributed by atoms with Gasteiger partial charge in [0.05, 0.1) is 6.10 Å². The predicted octanol–water partition coefficient (Wildman–Crippen LogP) is 1.91. The molecule has 1 N–H and O–H groups in total. The van der Waals surface area contributed by atoms with E-state index in [9.17, 15) is 0 Å². The van der Waals surface area contributed by atoms with Crippen molar-refractivity contribution in [2.75, 3.05) is 34.3 Å². The van der Waals surface area contributed by atoms with Crippen LogP contribution in [-0.4, -0.2) is 45.2 Å². The molecule has 0 aliphatic carbocycles. The summed E-state index contributed by atoms with van der Waals surface area (Å²) in [7, 11) is 5.93. The summed E-state index contributed by atoms with van der Waals surface area (Å²) < 4.78 is 5.52. The molecule has 2 unspecified atom stereocenters. The van der Waals surface area contributed by atoms with Crippen molar-refractivity contribution in [1.29, 1.82) is 0 Å². The first-order chi connectivity index (χ1) is 8.13. The Bertz CT molecular complexity index is 300. The second-order valence-electron chi connectivity index (χ2n) is 4.71. The summed E-state index contributed by atoms with van der Waals surface area (Å²) in [6, 6.07) is 10.8. The van der Waals surface area contributed by atoms with E-state index in [0.29, 0.717) is 6.04 Å². The van der Waals surface area contributed by atoms with Gasteiger partial charge in [-0.25, -0.2) is 0 Å². The van der Waals surface area contributed by atoms with E-state index >= 15 is 0 Å². The van der Waals surface area contributed by atoms with Gasteiger partial charge in [-0.05, 0) is 26.6 Å². The molecule has 0 amide bonds. The Kier molecular flexibility index (Phi) is 6.19. The number of methoxy groups -OCH3 is 1. The molecule has 0 aromatic heterocycles. The van der Waals surface area contributed by atoms with Gasteiger partial charge in [0.25, 0.3) is 0 Å². The Morgan fingerprint density at radius 3 is 2.41 bits per heavy atom. The Morgan fingerprint density at radius 2 is 1.88 bits per heavy atom. The van der Waals surface area contributed by atoms with E-state index < -0.39 is 0 Å². The maximum absolute atomic E-state index is 5.52. The maximum atomic E-state index is 5.52. The number of hydrogen-bond acceptors (Lipinski definition) is 3. The highest BCUT2D eigenvalue weighted by molar-refractivity contribution is 5.17. The van der Waals surface area contributed by atoms with Crippen molar-refractivity contribution in [2.45, 2.75) is 19.1 Å². The van der Waals surface area contributed by atoms with Crippen LogP contribution in [0.2, 0.25) is 0 Å². The molecule has 96 valence electrons.